The van der Waals surface area contributed by atoms with Crippen LogP contribution in [0.4, 0.5) is 0 Å². The van der Waals surface area contributed by atoms with E-state index in [2.05, 4.69) is 17.2 Å². The molecule has 26 heavy (non-hydrogen) atoms. The van der Waals surface area contributed by atoms with Gasteiger partial charge in [-0.3, -0.25) is 9.78 Å². The molecule has 4 aliphatic rings. The van der Waals surface area contributed by atoms with Crippen molar-refractivity contribution in [3.63, 3.8) is 0 Å². The molecule has 2 N–H and O–H groups in total. The fourth-order valence-electron chi connectivity index (χ4n) is 6.16. The lowest BCUT2D eigenvalue weighted by molar-refractivity contribution is -0.675. The van der Waals surface area contributed by atoms with Crippen LogP contribution in [-0.2, 0) is 20.8 Å². The highest BCUT2D eigenvalue weighted by Gasteiger charge is 2.65. The number of pyridine rings is 1. The van der Waals surface area contributed by atoms with Gasteiger partial charge in [0.2, 0.25) is 0 Å². The van der Waals surface area contributed by atoms with E-state index in [1.54, 1.807) is 0 Å². The summed E-state index contributed by atoms with van der Waals surface area (Å²) in [5.74, 6) is 0.994. The number of quaternary nitrogens is 1. The van der Waals surface area contributed by atoms with Crippen LogP contribution in [-0.4, -0.2) is 35.8 Å². The highest BCUT2D eigenvalue weighted by Crippen LogP contribution is 2.62. The number of esters is 1. The van der Waals surface area contributed by atoms with Gasteiger partial charge in [0.1, 0.15) is 18.6 Å². The van der Waals surface area contributed by atoms with Crippen LogP contribution in [0.5, 0.6) is 0 Å². The molecule has 0 bridgehead atoms. The van der Waals surface area contributed by atoms with Crippen LogP contribution < -0.4 is 5.32 Å². The maximum atomic E-state index is 12.6. The van der Waals surface area contributed by atoms with Crippen molar-refractivity contribution < 1.29 is 19.6 Å². The SMILES string of the molecule is C[C@]12CCC[C@]3(CO3)[C@@H]1C[C@H]1[C@@H](C2)OC(=O)[C@@H]1C[NH2+]Cc1ccccn1. The summed E-state index contributed by atoms with van der Waals surface area (Å²) < 4.78 is 11.8. The maximum Gasteiger partial charge on any atom is 0.315 e. The number of epoxide rings is 1. The third-order valence-corrected chi connectivity index (χ3v) is 7.58. The molecule has 5 heteroatoms. The molecule has 0 aromatic carbocycles. The van der Waals surface area contributed by atoms with Crippen LogP contribution in [0, 0.1) is 23.2 Å². The van der Waals surface area contributed by atoms with Crippen molar-refractivity contribution in [1.82, 2.24) is 4.98 Å². The minimum absolute atomic E-state index is 0.0188. The fourth-order valence-corrected chi connectivity index (χ4v) is 6.16. The molecule has 3 heterocycles. The molecule has 1 aromatic rings. The zero-order valence-electron chi connectivity index (χ0n) is 15.5. The van der Waals surface area contributed by atoms with Gasteiger partial charge in [0, 0.05) is 12.1 Å². The van der Waals surface area contributed by atoms with E-state index < -0.39 is 0 Å². The smallest absolute Gasteiger partial charge is 0.315 e. The number of rotatable bonds is 4. The number of nitrogens with two attached hydrogens (primary N) is 1. The number of nitrogens with zero attached hydrogens (tertiary/aromatic N) is 1. The molecule has 2 aliphatic carbocycles. The van der Waals surface area contributed by atoms with Crippen molar-refractivity contribution in [2.24, 2.45) is 23.2 Å². The van der Waals surface area contributed by atoms with Gasteiger partial charge in [0.25, 0.3) is 0 Å². The zero-order chi connectivity index (χ0) is 17.8. The van der Waals surface area contributed by atoms with Gasteiger partial charge in [-0.05, 0) is 55.6 Å². The predicted octanol–water partition coefficient (Wildman–Crippen LogP) is 1.67. The van der Waals surface area contributed by atoms with Crippen molar-refractivity contribution in [3.05, 3.63) is 30.1 Å². The van der Waals surface area contributed by atoms with E-state index in [9.17, 15) is 4.79 Å². The molecule has 140 valence electrons. The lowest BCUT2D eigenvalue weighted by Crippen LogP contribution is -2.84. The molecule has 6 atom stereocenters. The fraction of sp³-hybridized carbons (Fsp3) is 0.714. The molecule has 5 nitrogen and oxygen atoms in total. The monoisotopic (exact) mass is 357 g/mol. The predicted molar refractivity (Wildman–Crippen MR) is 95.0 cm³/mol. The molecule has 1 aromatic heterocycles. The number of aromatic nitrogens is 1. The zero-order valence-corrected chi connectivity index (χ0v) is 15.5. The Balaban J connectivity index is 1.28. The minimum atomic E-state index is 0.0188. The Kier molecular flexibility index (Phi) is 3.87. The first-order valence-corrected chi connectivity index (χ1v) is 10.2. The van der Waals surface area contributed by atoms with Crippen LogP contribution >= 0.6 is 0 Å². The average molecular weight is 357 g/mol. The number of ether oxygens (including phenoxy) is 2. The topological polar surface area (TPSA) is 68.3 Å². The van der Waals surface area contributed by atoms with Crippen LogP contribution in [0.25, 0.3) is 0 Å². The van der Waals surface area contributed by atoms with Crippen molar-refractivity contribution in [1.29, 1.82) is 0 Å². The number of fused-ring (bicyclic) bond motifs is 3. The first-order valence-electron chi connectivity index (χ1n) is 10.2. The summed E-state index contributed by atoms with van der Waals surface area (Å²) in [7, 11) is 0. The number of hydrogen-bond acceptors (Lipinski definition) is 4. The van der Waals surface area contributed by atoms with Crippen LogP contribution in [0.2, 0.25) is 0 Å². The molecular formula is C21H29N2O3+. The molecule has 5 rings (SSSR count). The van der Waals surface area contributed by atoms with E-state index in [0.29, 0.717) is 11.8 Å². The summed E-state index contributed by atoms with van der Waals surface area (Å²) in [4.78, 5) is 17.0. The van der Waals surface area contributed by atoms with E-state index in [-0.39, 0.29) is 29.0 Å². The first-order chi connectivity index (χ1) is 12.6. The van der Waals surface area contributed by atoms with Crippen molar-refractivity contribution in [2.45, 2.75) is 57.3 Å². The first kappa shape index (κ1) is 16.7. The summed E-state index contributed by atoms with van der Waals surface area (Å²) in [6, 6.07) is 5.98. The number of hydrogen-bond donors (Lipinski definition) is 1. The number of carbonyl (C=O) groups excluding carboxylic acids is 1. The van der Waals surface area contributed by atoms with Crippen LogP contribution in [0.1, 0.15) is 44.7 Å². The van der Waals surface area contributed by atoms with E-state index in [0.717, 1.165) is 38.2 Å². The van der Waals surface area contributed by atoms with Gasteiger partial charge in [0.05, 0.1) is 24.4 Å². The van der Waals surface area contributed by atoms with Crippen LogP contribution in [0.3, 0.4) is 0 Å². The quantitative estimate of drug-likeness (QED) is 0.657. The second-order valence-corrected chi connectivity index (χ2v) is 9.15. The molecule has 1 spiro atoms. The summed E-state index contributed by atoms with van der Waals surface area (Å²) in [5.41, 5.74) is 1.47. The van der Waals surface area contributed by atoms with Gasteiger partial charge in [-0.2, -0.15) is 0 Å². The molecular weight excluding hydrogens is 328 g/mol. The lowest BCUT2D eigenvalue weighted by Gasteiger charge is -2.51. The normalized spacial score (nSPS) is 43.7. The molecule has 0 amide bonds. The summed E-state index contributed by atoms with van der Waals surface area (Å²) in [6.45, 7) is 4.95. The highest BCUT2D eigenvalue weighted by molar-refractivity contribution is 5.75. The Labute approximate surface area is 154 Å². The second kappa shape index (κ2) is 6.03. The van der Waals surface area contributed by atoms with Crippen molar-refractivity contribution in [3.8, 4) is 0 Å². The maximum absolute atomic E-state index is 12.6. The van der Waals surface area contributed by atoms with Crippen LogP contribution in [0.15, 0.2) is 24.4 Å². The Morgan fingerprint density at radius 1 is 1.35 bits per heavy atom. The van der Waals surface area contributed by atoms with Crippen molar-refractivity contribution in [2.75, 3.05) is 13.2 Å². The standard InChI is InChI=1S/C21H28N2O3/c1-20-6-4-7-21(13-25-21)18(20)9-15-16(19(24)26-17(15)10-20)12-22-11-14-5-2-3-8-23-14/h2-3,5,8,15-18,22H,4,6-7,9-13H2,1H3/p+1/t15-,16-,17-,18-,20-,21+/m1/s1. The molecule has 4 fully saturated rings. The Hall–Kier alpha value is -1.46. The largest absolute Gasteiger partial charge is 0.462 e. The molecule has 2 saturated carbocycles. The van der Waals surface area contributed by atoms with E-state index in [1.807, 2.05) is 24.4 Å². The summed E-state index contributed by atoms with van der Waals surface area (Å²) in [6.07, 6.45) is 7.76. The van der Waals surface area contributed by atoms with Gasteiger partial charge in [-0.1, -0.05) is 13.0 Å². The Morgan fingerprint density at radius 3 is 3.00 bits per heavy atom. The van der Waals surface area contributed by atoms with Gasteiger partial charge < -0.3 is 14.8 Å². The van der Waals surface area contributed by atoms with Gasteiger partial charge in [-0.15, -0.1) is 0 Å². The second-order valence-electron chi connectivity index (χ2n) is 9.15. The molecule has 0 unspecified atom stereocenters. The average Bonchev–Trinajstić information content (AvgIpc) is 3.33. The van der Waals surface area contributed by atoms with E-state index in [1.165, 1.54) is 19.3 Å². The lowest BCUT2D eigenvalue weighted by atomic mass is 9.53. The van der Waals surface area contributed by atoms with Gasteiger partial charge >= 0.3 is 5.97 Å². The van der Waals surface area contributed by atoms with E-state index >= 15 is 0 Å². The van der Waals surface area contributed by atoms with Gasteiger partial charge in [0.15, 0.2) is 0 Å². The third kappa shape index (κ3) is 2.67. The number of carbonyl (C=O) groups is 1. The van der Waals surface area contributed by atoms with Gasteiger partial charge in [-0.25, -0.2) is 0 Å². The summed E-state index contributed by atoms with van der Waals surface area (Å²) >= 11 is 0. The Bertz CT molecular complexity index is 690. The summed E-state index contributed by atoms with van der Waals surface area (Å²) in [5, 5.41) is 2.22. The highest BCUT2D eigenvalue weighted by atomic mass is 16.6. The Morgan fingerprint density at radius 2 is 2.23 bits per heavy atom. The van der Waals surface area contributed by atoms with E-state index in [4.69, 9.17) is 9.47 Å². The molecule has 0 radical (unpaired) electrons. The molecule has 2 saturated heterocycles. The molecule has 2 aliphatic heterocycles. The van der Waals surface area contributed by atoms with Crippen molar-refractivity contribution >= 4 is 5.97 Å². The third-order valence-electron chi connectivity index (χ3n) is 7.58. The minimum Gasteiger partial charge on any atom is -0.462 e.